The van der Waals surface area contributed by atoms with Gasteiger partial charge in [-0.05, 0) is 29.8 Å². The standard InChI is InChI=1S/C13H9BrF2O/c14-10-3-1-2-9(6-10)8-17-13-7-11(15)4-5-12(13)16/h1-7H,8H2. The monoisotopic (exact) mass is 298 g/mol. The van der Waals surface area contributed by atoms with E-state index in [1.54, 1.807) is 0 Å². The van der Waals surface area contributed by atoms with E-state index in [0.717, 1.165) is 28.2 Å². The van der Waals surface area contributed by atoms with E-state index < -0.39 is 11.6 Å². The van der Waals surface area contributed by atoms with Gasteiger partial charge >= 0.3 is 0 Å². The molecule has 1 nitrogen and oxygen atoms in total. The highest BCUT2D eigenvalue weighted by Crippen LogP contribution is 2.20. The lowest BCUT2D eigenvalue weighted by Crippen LogP contribution is -1.97. The second kappa shape index (κ2) is 5.27. The minimum absolute atomic E-state index is 0.0787. The van der Waals surface area contributed by atoms with Crippen LogP contribution in [-0.2, 0) is 6.61 Å². The second-order valence-corrected chi connectivity index (χ2v) is 4.41. The summed E-state index contributed by atoms with van der Waals surface area (Å²) in [7, 11) is 0. The molecule has 0 aliphatic heterocycles. The van der Waals surface area contributed by atoms with Crippen molar-refractivity contribution < 1.29 is 13.5 Å². The lowest BCUT2D eigenvalue weighted by atomic mass is 10.2. The number of hydrogen-bond donors (Lipinski definition) is 0. The van der Waals surface area contributed by atoms with Crippen molar-refractivity contribution in [1.29, 1.82) is 0 Å². The van der Waals surface area contributed by atoms with E-state index in [-0.39, 0.29) is 12.4 Å². The Kier molecular flexibility index (Phi) is 3.74. The van der Waals surface area contributed by atoms with Crippen molar-refractivity contribution in [2.75, 3.05) is 0 Å². The fraction of sp³-hybridized carbons (Fsp3) is 0.0769. The summed E-state index contributed by atoms with van der Waals surface area (Å²) in [5, 5.41) is 0. The summed E-state index contributed by atoms with van der Waals surface area (Å²) in [4.78, 5) is 0. The fourth-order valence-electron chi connectivity index (χ4n) is 1.38. The SMILES string of the molecule is Fc1ccc(F)c(OCc2cccc(Br)c2)c1. The van der Waals surface area contributed by atoms with E-state index in [4.69, 9.17) is 4.74 Å². The zero-order chi connectivity index (χ0) is 12.3. The summed E-state index contributed by atoms with van der Waals surface area (Å²) < 4.78 is 32.3. The number of halogens is 3. The molecule has 0 amide bonds. The summed E-state index contributed by atoms with van der Waals surface area (Å²) >= 11 is 3.32. The summed E-state index contributed by atoms with van der Waals surface area (Å²) in [6, 6.07) is 10.6. The smallest absolute Gasteiger partial charge is 0.165 e. The quantitative estimate of drug-likeness (QED) is 0.820. The van der Waals surface area contributed by atoms with E-state index in [0.29, 0.717) is 0 Å². The first-order valence-corrected chi connectivity index (χ1v) is 5.77. The van der Waals surface area contributed by atoms with E-state index in [9.17, 15) is 8.78 Å². The highest BCUT2D eigenvalue weighted by Gasteiger charge is 2.05. The first kappa shape index (κ1) is 12.0. The van der Waals surface area contributed by atoms with Gasteiger partial charge in [0.25, 0.3) is 0 Å². The fourth-order valence-corrected chi connectivity index (χ4v) is 1.82. The maximum Gasteiger partial charge on any atom is 0.165 e. The largest absolute Gasteiger partial charge is 0.486 e. The summed E-state index contributed by atoms with van der Waals surface area (Å²) in [6.45, 7) is 0.194. The molecular formula is C13H9BrF2O. The van der Waals surface area contributed by atoms with Gasteiger partial charge in [-0.2, -0.15) is 0 Å². The van der Waals surface area contributed by atoms with Crippen molar-refractivity contribution in [3.8, 4) is 5.75 Å². The minimum Gasteiger partial charge on any atom is -0.486 e. The average molecular weight is 299 g/mol. The molecule has 0 unspecified atom stereocenters. The third kappa shape index (κ3) is 3.27. The molecule has 0 fully saturated rings. The van der Waals surface area contributed by atoms with Crippen molar-refractivity contribution in [1.82, 2.24) is 0 Å². The second-order valence-electron chi connectivity index (χ2n) is 3.49. The zero-order valence-electron chi connectivity index (χ0n) is 8.79. The molecule has 2 aromatic rings. The van der Waals surface area contributed by atoms with E-state index in [1.807, 2.05) is 24.3 Å². The Morgan fingerprint density at radius 1 is 1.06 bits per heavy atom. The molecule has 0 N–H and O–H groups in total. The Morgan fingerprint density at radius 2 is 1.88 bits per heavy atom. The van der Waals surface area contributed by atoms with E-state index in [1.165, 1.54) is 0 Å². The van der Waals surface area contributed by atoms with Crippen molar-refractivity contribution in [2.45, 2.75) is 6.61 Å². The molecule has 17 heavy (non-hydrogen) atoms. The Bertz CT molecular complexity index is 529. The molecule has 4 heteroatoms. The molecule has 0 saturated carbocycles. The highest BCUT2D eigenvalue weighted by atomic mass is 79.9. The lowest BCUT2D eigenvalue weighted by molar-refractivity contribution is 0.288. The number of rotatable bonds is 3. The van der Waals surface area contributed by atoms with Gasteiger partial charge in [0.05, 0.1) is 0 Å². The van der Waals surface area contributed by atoms with Crippen LogP contribution in [0.3, 0.4) is 0 Å². The van der Waals surface area contributed by atoms with Gasteiger partial charge in [-0.25, -0.2) is 8.78 Å². The van der Waals surface area contributed by atoms with Crippen molar-refractivity contribution in [3.63, 3.8) is 0 Å². The molecule has 0 radical (unpaired) electrons. The Balaban J connectivity index is 2.09. The van der Waals surface area contributed by atoms with Crippen molar-refractivity contribution >= 4 is 15.9 Å². The topological polar surface area (TPSA) is 9.23 Å². The third-order valence-corrected chi connectivity index (χ3v) is 2.67. The van der Waals surface area contributed by atoms with Crippen LogP contribution in [0.25, 0.3) is 0 Å². The van der Waals surface area contributed by atoms with Crippen LogP contribution >= 0.6 is 15.9 Å². The van der Waals surface area contributed by atoms with Gasteiger partial charge in [0.1, 0.15) is 12.4 Å². The van der Waals surface area contributed by atoms with Gasteiger partial charge in [-0.15, -0.1) is 0 Å². The maximum absolute atomic E-state index is 13.3. The molecule has 0 bridgehead atoms. The Hall–Kier alpha value is -1.42. The third-order valence-electron chi connectivity index (χ3n) is 2.18. The summed E-state index contributed by atoms with van der Waals surface area (Å²) in [5.41, 5.74) is 0.878. The molecule has 0 saturated heterocycles. The molecule has 0 aromatic heterocycles. The molecular weight excluding hydrogens is 290 g/mol. The van der Waals surface area contributed by atoms with Gasteiger partial charge in [-0.3, -0.25) is 0 Å². The van der Waals surface area contributed by atoms with Gasteiger partial charge in [0, 0.05) is 10.5 Å². The first-order chi connectivity index (χ1) is 8.15. The Morgan fingerprint density at radius 3 is 2.65 bits per heavy atom. The van der Waals surface area contributed by atoms with Crippen LogP contribution in [0, 0.1) is 11.6 Å². The lowest BCUT2D eigenvalue weighted by Gasteiger charge is -2.07. The molecule has 2 aromatic carbocycles. The Labute approximate surface area is 106 Å². The summed E-state index contributed by atoms with van der Waals surface area (Å²) in [5.74, 6) is -1.16. The molecule has 0 aliphatic carbocycles. The normalized spacial score (nSPS) is 10.3. The predicted molar refractivity (Wildman–Crippen MR) is 64.8 cm³/mol. The van der Waals surface area contributed by atoms with Crippen molar-refractivity contribution in [3.05, 3.63) is 64.1 Å². The van der Waals surface area contributed by atoms with Gasteiger partial charge < -0.3 is 4.74 Å². The molecule has 0 heterocycles. The van der Waals surface area contributed by atoms with Crippen LogP contribution in [0.1, 0.15) is 5.56 Å². The van der Waals surface area contributed by atoms with E-state index in [2.05, 4.69) is 15.9 Å². The van der Waals surface area contributed by atoms with Gasteiger partial charge in [0.15, 0.2) is 11.6 Å². The number of hydrogen-bond acceptors (Lipinski definition) is 1. The summed E-state index contributed by atoms with van der Waals surface area (Å²) in [6.07, 6.45) is 0. The van der Waals surface area contributed by atoms with Crippen LogP contribution in [0.4, 0.5) is 8.78 Å². The first-order valence-electron chi connectivity index (χ1n) is 4.97. The maximum atomic E-state index is 13.3. The number of ether oxygens (including phenoxy) is 1. The predicted octanol–water partition coefficient (Wildman–Crippen LogP) is 4.31. The van der Waals surface area contributed by atoms with Gasteiger partial charge in [-0.1, -0.05) is 28.1 Å². The zero-order valence-corrected chi connectivity index (χ0v) is 10.4. The molecule has 0 spiro atoms. The van der Waals surface area contributed by atoms with Crippen LogP contribution in [0.15, 0.2) is 46.9 Å². The van der Waals surface area contributed by atoms with E-state index >= 15 is 0 Å². The number of benzene rings is 2. The molecule has 88 valence electrons. The van der Waals surface area contributed by atoms with Crippen LogP contribution < -0.4 is 4.74 Å². The molecule has 2 rings (SSSR count). The van der Waals surface area contributed by atoms with Crippen LogP contribution in [0.2, 0.25) is 0 Å². The molecule has 0 atom stereocenters. The average Bonchev–Trinajstić information content (AvgIpc) is 2.30. The van der Waals surface area contributed by atoms with Gasteiger partial charge in [0.2, 0.25) is 0 Å². The minimum atomic E-state index is -0.568. The van der Waals surface area contributed by atoms with Crippen LogP contribution in [-0.4, -0.2) is 0 Å². The van der Waals surface area contributed by atoms with Crippen LogP contribution in [0.5, 0.6) is 5.75 Å². The molecule has 0 aliphatic rings. The van der Waals surface area contributed by atoms with Crippen molar-refractivity contribution in [2.24, 2.45) is 0 Å². The highest BCUT2D eigenvalue weighted by molar-refractivity contribution is 9.10.